The van der Waals surface area contributed by atoms with Crippen LogP contribution in [0.3, 0.4) is 0 Å². The van der Waals surface area contributed by atoms with E-state index in [1.54, 1.807) is 0 Å². The van der Waals surface area contributed by atoms with Crippen molar-refractivity contribution in [2.75, 3.05) is 0 Å². The van der Waals surface area contributed by atoms with E-state index in [-0.39, 0.29) is 28.2 Å². The molecule has 2 aliphatic heterocycles. The maximum Gasteiger partial charge on any atom is 0.239 e. The molecule has 2 aliphatic rings. The minimum Gasteiger partial charge on any atom is -0.311 e. The molecule has 0 aromatic rings. The molecule has 2 amide bonds. The van der Waals surface area contributed by atoms with Gasteiger partial charge in [-0.2, -0.15) is 0 Å². The molecule has 0 aliphatic carbocycles. The zero-order valence-electron chi connectivity index (χ0n) is 8.18. The number of carbonyl (C=O) groups is 2. The van der Waals surface area contributed by atoms with E-state index < -0.39 is 0 Å². The van der Waals surface area contributed by atoms with Gasteiger partial charge < -0.3 is 10.6 Å². The van der Waals surface area contributed by atoms with Gasteiger partial charge in [-0.05, 0) is 5.92 Å². The molecule has 0 aromatic carbocycles. The lowest BCUT2D eigenvalue weighted by atomic mass is 10.0. The molecule has 2 heterocycles. The van der Waals surface area contributed by atoms with Gasteiger partial charge in [0.2, 0.25) is 11.8 Å². The van der Waals surface area contributed by atoms with Gasteiger partial charge in [0.1, 0.15) is 8.64 Å². The number of thioether (sulfide) groups is 2. The van der Waals surface area contributed by atoms with Crippen LogP contribution < -0.4 is 10.6 Å². The Morgan fingerprint density at radius 2 is 1.44 bits per heavy atom. The standard InChI is InChI=1S/C8H8N2O2S4/c1-2(3-5(11)9-7(13)15-3)4-6(12)10-8(14)16-4/h2-4H,1H3,(H,9,11,13)(H,10,12,14)/t3-,4-/m0/s1. The van der Waals surface area contributed by atoms with Gasteiger partial charge in [0, 0.05) is 0 Å². The van der Waals surface area contributed by atoms with Crippen LogP contribution in [-0.2, 0) is 9.59 Å². The molecule has 2 rings (SSSR count). The van der Waals surface area contributed by atoms with Gasteiger partial charge in [-0.25, -0.2) is 0 Å². The molecule has 0 saturated carbocycles. The Morgan fingerprint density at radius 3 is 1.69 bits per heavy atom. The normalized spacial score (nSPS) is 29.9. The van der Waals surface area contributed by atoms with E-state index in [9.17, 15) is 9.59 Å². The highest BCUT2D eigenvalue weighted by atomic mass is 32.2. The summed E-state index contributed by atoms with van der Waals surface area (Å²) in [5.41, 5.74) is 0. The first-order valence-electron chi connectivity index (χ1n) is 4.52. The Labute approximate surface area is 112 Å². The van der Waals surface area contributed by atoms with E-state index in [0.717, 1.165) is 0 Å². The largest absolute Gasteiger partial charge is 0.311 e. The molecule has 0 aromatic heterocycles. The van der Waals surface area contributed by atoms with Crippen LogP contribution in [-0.4, -0.2) is 31.0 Å². The quantitative estimate of drug-likeness (QED) is 0.729. The van der Waals surface area contributed by atoms with Gasteiger partial charge >= 0.3 is 0 Å². The topological polar surface area (TPSA) is 58.2 Å². The lowest BCUT2D eigenvalue weighted by Gasteiger charge is -2.18. The fraction of sp³-hybridized carbons (Fsp3) is 0.500. The highest BCUT2D eigenvalue weighted by molar-refractivity contribution is 8.25. The molecule has 4 nitrogen and oxygen atoms in total. The summed E-state index contributed by atoms with van der Waals surface area (Å²) in [6.07, 6.45) is 0. The zero-order chi connectivity index (χ0) is 11.9. The molecule has 16 heavy (non-hydrogen) atoms. The minimum absolute atomic E-state index is 0.101. The summed E-state index contributed by atoms with van der Waals surface area (Å²) >= 11 is 12.4. The van der Waals surface area contributed by atoms with Crippen LogP contribution in [0.15, 0.2) is 0 Å². The van der Waals surface area contributed by atoms with Crippen LogP contribution in [0.5, 0.6) is 0 Å². The van der Waals surface area contributed by atoms with Crippen molar-refractivity contribution in [3.63, 3.8) is 0 Å². The smallest absolute Gasteiger partial charge is 0.239 e. The minimum atomic E-state index is -0.295. The van der Waals surface area contributed by atoms with Crippen molar-refractivity contribution < 1.29 is 9.59 Å². The third-order valence-corrected chi connectivity index (χ3v) is 5.60. The predicted octanol–water partition coefficient (Wildman–Crippen LogP) is 0.655. The Morgan fingerprint density at radius 1 is 1.06 bits per heavy atom. The lowest BCUT2D eigenvalue weighted by molar-refractivity contribution is -0.121. The van der Waals surface area contributed by atoms with E-state index in [1.165, 1.54) is 23.5 Å². The first-order valence-corrected chi connectivity index (χ1v) is 7.09. The van der Waals surface area contributed by atoms with Crippen molar-refractivity contribution >= 4 is 68.4 Å². The summed E-state index contributed by atoms with van der Waals surface area (Å²) < 4.78 is 0.959. The average Bonchev–Trinajstić information content (AvgIpc) is 2.68. The Kier molecular flexibility index (Phi) is 3.53. The molecule has 8 heteroatoms. The number of thiocarbonyl (C=S) groups is 2. The van der Waals surface area contributed by atoms with Crippen LogP contribution in [0.1, 0.15) is 6.92 Å². The second kappa shape index (κ2) is 4.59. The molecule has 2 N–H and O–H groups in total. The molecule has 0 bridgehead atoms. The maximum absolute atomic E-state index is 11.6. The van der Waals surface area contributed by atoms with Crippen molar-refractivity contribution in [1.82, 2.24) is 10.6 Å². The summed E-state index contributed by atoms with van der Waals surface area (Å²) in [6.45, 7) is 1.87. The third kappa shape index (κ3) is 2.24. The van der Waals surface area contributed by atoms with E-state index in [4.69, 9.17) is 24.4 Å². The molecule has 86 valence electrons. The number of hydrogen-bond acceptors (Lipinski definition) is 6. The lowest BCUT2D eigenvalue weighted by Crippen LogP contribution is -2.37. The average molecular weight is 292 g/mol. The Balaban J connectivity index is 2.10. The molecule has 0 unspecified atom stereocenters. The number of nitrogens with one attached hydrogen (secondary N) is 2. The summed E-state index contributed by atoms with van der Waals surface area (Å²) in [6, 6.07) is 0. The van der Waals surface area contributed by atoms with Crippen LogP contribution in [0.2, 0.25) is 0 Å². The van der Waals surface area contributed by atoms with Crippen LogP contribution in [0, 0.1) is 5.92 Å². The van der Waals surface area contributed by atoms with Gasteiger partial charge in [-0.3, -0.25) is 9.59 Å². The van der Waals surface area contributed by atoms with Gasteiger partial charge in [-0.15, -0.1) is 0 Å². The number of carbonyl (C=O) groups excluding carboxylic acids is 2. The Bertz CT molecular complexity index is 361. The zero-order valence-corrected chi connectivity index (χ0v) is 11.4. The monoisotopic (exact) mass is 292 g/mol. The number of rotatable bonds is 2. The van der Waals surface area contributed by atoms with Crippen molar-refractivity contribution in [2.24, 2.45) is 5.92 Å². The highest BCUT2D eigenvalue weighted by Gasteiger charge is 2.43. The number of hydrogen-bond donors (Lipinski definition) is 2. The van der Waals surface area contributed by atoms with Crippen molar-refractivity contribution in [3.8, 4) is 0 Å². The van der Waals surface area contributed by atoms with E-state index in [1.807, 2.05) is 6.92 Å². The molecule has 2 saturated heterocycles. The fourth-order valence-corrected chi connectivity index (χ4v) is 4.37. The van der Waals surface area contributed by atoms with Crippen molar-refractivity contribution in [2.45, 2.75) is 17.4 Å². The van der Waals surface area contributed by atoms with Crippen molar-refractivity contribution in [3.05, 3.63) is 0 Å². The van der Waals surface area contributed by atoms with Crippen molar-refractivity contribution in [1.29, 1.82) is 0 Å². The summed E-state index contributed by atoms with van der Waals surface area (Å²) in [5.74, 6) is -0.335. The summed E-state index contributed by atoms with van der Waals surface area (Å²) in [5, 5.41) is 4.57. The van der Waals surface area contributed by atoms with Gasteiger partial charge in [0.25, 0.3) is 0 Å². The van der Waals surface area contributed by atoms with Gasteiger partial charge in [-0.1, -0.05) is 54.9 Å². The first-order chi connectivity index (χ1) is 7.49. The van der Waals surface area contributed by atoms with E-state index in [0.29, 0.717) is 8.64 Å². The van der Waals surface area contributed by atoms with E-state index >= 15 is 0 Å². The Hall–Kier alpha value is -0.180. The molecule has 2 atom stereocenters. The second-order valence-corrected chi connectivity index (χ2v) is 7.13. The summed E-state index contributed by atoms with van der Waals surface area (Å²) in [4.78, 5) is 23.2. The van der Waals surface area contributed by atoms with Gasteiger partial charge in [0.05, 0.1) is 10.5 Å². The van der Waals surface area contributed by atoms with E-state index in [2.05, 4.69) is 10.6 Å². The number of amides is 2. The molecule has 0 radical (unpaired) electrons. The highest BCUT2D eigenvalue weighted by Crippen LogP contribution is 2.35. The van der Waals surface area contributed by atoms with Crippen LogP contribution in [0.4, 0.5) is 0 Å². The molecule has 2 fully saturated rings. The van der Waals surface area contributed by atoms with Crippen LogP contribution >= 0.6 is 48.0 Å². The molecular weight excluding hydrogens is 284 g/mol. The predicted molar refractivity (Wildman–Crippen MR) is 73.4 cm³/mol. The molecular formula is C8H8N2O2S4. The first kappa shape index (κ1) is 12.3. The second-order valence-electron chi connectivity index (χ2n) is 3.49. The molecule has 0 spiro atoms. The SMILES string of the molecule is CC([C@@H]1SC(=S)NC1=O)[C@@H]1SC(=S)NC1=O. The summed E-state index contributed by atoms with van der Waals surface area (Å²) in [7, 11) is 0. The third-order valence-electron chi connectivity index (χ3n) is 2.39. The van der Waals surface area contributed by atoms with Crippen LogP contribution in [0.25, 0.3) is 0 Å². The fourth-order valence-electron chi connectivity index (χ4n) is 1.59. The maximum atomic E-state index is 11.6. The van der Waals surface area contributed by atoms with Gasteiger partial charge in [0.15, 0.2) is 0 Å².